The molecule has 11 nitrogen and oxygen atoms in total. The summed E-state index contributed by atoms with van der Waals surface area (Å²) < 4.78 is 34.5. The van der Waals surface area contributed by atoms with Crippen molar-refractivity contribution in [2.24, 2.45) is 0 Å². The zero-order valence-corrected chi connectivity index (χ0v) is 20.9. The maximum absolute atomic E-state index is 13.9. The van der Waals surface area contributed by atoms with Crippen LogP contribution in [0.4, 0.5) is 31.9 Å². The normalized spacial score (nSPS) is 19.2. The number of imidazole rings is 1. The van der Waals surface area contributed by atoms with Gasteiger partial charge in [-0.2, -0.15) is 20.0 Å². The molecule has 6 rings (SSSR count). The van der Waals surface area contributed by atoms with E-state index in [0.717, 1.165) is 12.8 Å². The molecular formula is C24H23ClF2N10O. The summed E-state index contributed by atoms with van der Waals surface area (Å²) in [5, 5.41) is 30.0. The Morgan fingerprint density at radius 3 is 2.53 bits per heavy atom. The second-order valence-electron chi connectivity index (χ2n) is 9.63. The lowest BCUT2D eigenvalue weighted by Gasteiger charge is -2.48. The van der Waals surface area contributed by atoms with Gasteiger partial charge in [-0.05, 0) is 25.0 Å². The van der Waals surface area contributed by atoms with E-state index in [1.54, 1.807) is 0 Å². The third-order valence-corrected chi connectivity index (χ3v) is 7.48. The second kappa shape index (κ2) is 9.51. The molecule has 38 heavy (non-hydrogen) atoms. The molecule has 0 spiro atoms. The van der Waals surface area contributed by atoms with Crippen LogP contribution in [0.2, 0.25) is 5.02 Å². The fraction of sp³-hybridized carbons (Fsp3) is 0.458. The average molecular weight is 541 g/mol. The van der Waals surface area contributed by atoms with Crippen molar-refractivity contribution in [2.45, 2.75) is 30.8 Å². The molecule has 2 saturated heterocycles. The second-order valence-corrected chi connectivity index (χ2v) is 10.0. The van der Waals surface area contributed by atoms with Crippen LogP contribution < -0.4 is 15.5 Å². The largest absolute Gasteiger partial charge is 0.375 e. The molecule has 2 aliphatic heterocycles. The summed E-state index contributed by atoms with van der Waals surface area (Å²) in [5.41, 5.74) is 0.469. The molecule has 1 aliphatic carbocycles. The third-order valence-electron chi connectivity index (χ3n) is 7.08. The Balaban J connectivity index is 1.31. The van der Waals surface area contributed by atoms with Crippen molar-refractivity contribution < 1.29 is 13.5 Å². The van der Waals surface area contributed by atoms with E-state index >= 15 is 0 Å². The van der Waals surface area contributed by atoms with Gasteiger partial charge in [-0.25, -0.2) is 13.8 Å². The fourth-order valence-corrected chi connectivity index (χ4v) is 4.99. The van der Waals surface area contributed by atoms with Gasteiger partial charge in [-0.3, -0.25) is 4.90 Å². The van der Waals surface area contributed by atoms with E-state index in [1.165, 1.54) is 22.8 Å². The first-order chi connectivity index (χ1) is 18.4. The van der Waals surface area contributed by atoms with Crippen molar-refractivity contribution in [3.63, 3.8) is 0 Å². The lowest BCUT2D eigenvalue weighted by atomic mass is 9.96. The molecule has 0 atom stereocenters. The van der Waals surface area contributed by atoms with Crippen molar-refractivity contribution in [1.82, 2.24) is 24.5 Å². The van der Waals surface area contributed by atoms with Crippen LogP contribution in [-0.4, -0.2) is 75.5 Å². The number of benzene rings is 1. The molecule has 0 unspecified atom stereocenters. The Morgan fingerprint density at radius 2 is 1.92 bits per heavy atom. The van der Waals surface area contributed by atoms with Gasteiger partial charge >= 0.3 is 0 Å². The SMILES string of the molecule is N#Cc1cnc2c(NC3CC3)nc(Nc3cc(C(F)F)cc(N4CCN(C5(C#N)COC5)CC4)c3Cl)nn12. The number of alkyl halides is 2. The summed E-state index contributed by atoms with van der Waals surface area (Å²) in [6.45, 7) is 2.89. The van der Waals surface area contributed by atoms with E-state index in [0.29, 0.717) is 56.5 Å². The first-order valence-electron chi connectivity index (χ1n) is 12.2. The Hall–Kier alpha value is -3.78. The number of piperazine rings is 1. The van der Waals surface area contributed by atoms with Crippen LogP contribution in [0.1, 0.15) is 30.5 Å². The van der Waals surface area contributed by atoms with Gasteiger partial charge in [0.2, 0.25) is 5.95 Å². The van der Waals surface area contributed by atoms with E-state index in [-0.39, 0.29) is 34.0 Å². The number of nitrogens with one attached hydrogen (secondary N) is 2. The quantitative estimate of drug-likeness (QED) is 0.460. The van der Waals surface area contributed by atoms with Gasteiger partial charge in [0.15, 0.2) is 22.7 Å². The number of nitrogens with zero attached hydrogens (tertiary/aromatic N) is 8. The highest BCUT2D eigenvalue weighted by molar-refractivity contribution is 6.36. The molecule has 1 aromatic carbocycles. The minimum Gasteiger partial charge on any atom is -0.375 e. The molecule has 2 aromatic heterocycles. The molecule has 3 fully saturated rings. The first-order valence-corrected chi connectivity index (χ1v) is 12.6. The number of rotatable bonds is 7. The number of halogens is 3. The van der Waals surface area contributed by atoms with Crippen molar-refractivity contribution in [3.8, 4) is 12.1 Å². The maximum Gasteiger partial charge on any atom is 0.264 e. The lowest BCUT2D eigenvalue weighted by molar-refractivity contribution is -0.109. The summed E-state index contributed by atoms with van der Waals surface area (Å²) in [5.74, 6) is 0.524. The number of hydrogen-bond acceptors (Lipinski definition) is 10. The number of aromatic nitrogens is 4. The molecule has 3 aromatic rings. The number of nitriles is 2. The van der Waals surface area contributed by atoms with Crippen LogP contribution in [-0.2, 0) is 4.74 Å². The monoisotopic (exact) mass is 540 g/mol. The molecule has 4 heterocycles. The molecule has 1 saturated carbocycles. The van der Waals surface area contributed by atoms with Crippen molar-refractivity contribution in [1.29, 1.82) is 10.5 Å². The van der Waals surface area contributed by atoms with E-state index < -0.39 is 12.0 Å². The van der Waals surface area contributed by atoms with Gasteiger partial charge in [0.1, 0.15) is 6.07 Å². The predicted octanol–water partition coefficient (Wildman–Crippen LogP) is 3.32. The van der Waals surface area contributed by atoms with Crippen LogP contribution >= 0.6 is 11.6 Å². The Morgan fingerprint density at radius 1 is 1.16 bits per heavy atom. The van der Waals surface area contributed by atoms with Gasteiger partial charge in [0, 0.05) is 37.8 Å². The van der Waals surface area contributed by atoms with Crippen molar-refractivity contribution >= 4 is 40.4 Å². The van der Waals surface area contributed by atoms with Gasteiger partial charge in [0.05, 0.1) is 41.9 Å². The molecule has 14 heteroatoms. The third kappa shape index (κ3) is 4.32. The summed E-state index contributed by atoms with van der Waals surface area (Å²) in [6, 6.07) is 7.33. The molecule has 2 N–H and O–H groups in total. The minimum absolute atomic E-state index is 0.0835. The summed E-state index contributed by atoms with van der Waals surface area (Å²) in [6.07, 6.45) is 0.662. The Kier molecular flexibility index (Phi) is 6.14. The van der Waals surface area contributed by atoms with Gasteiger partial charge in [0.25, 0.3) is 6.43 Å². The van der Waals surface area contributed by atoms with E-state index in [9.17, 15) is 19.3 Å². The average Bonchev–Trinajstić information content (AvgIpc) is 3.61. The van der Waals surface area contributed by atoms with E-state index in [4.69, 9.17) is 16.3 Å². The zero-order valence-electron chi connectivity index (χ0n) is 20.2. The highest BCUT2D eigenvalue weighted by Crippen LogP contribution is 2.39. The standard InChI is InChI=1S/C24H23ClF2N10O/c25-19-17(32-23-33-21(31-15-1-2-15)22-30-10-16(9-28)37(22)34-23)7-14(20(26)27)8-18(19)35-3-5-36(6-4-35)24(11-29)12-38-13-24/h7-8,10,15,20H,1-6,12-13H2,(H2,31,32,33,34). The van der Waals surface area contributed by atoms with Crippen LogP contribution in [0, 0.1) is 22.7 Å². The summed E-state index contributed by atoms with van der Waals surface area (Å²) >= 11 is 6.77. The van der Waals surface area contributed by atoms with Crippen molar-refractivity contribution in [3.05, 3.63) is 34.6 Å². The highest BCUT2D eigenvalue weighted by Gasteiger charge is 2.45. The van der Waals surface area contributed by atoms with Crippen LogP contribution in [0.5, 0.6) is 0 Å². The number of anilines is 4. The molecule has 0 amide bonds. The number of ether oxygens (including phenoxy) is 1. The smallest absolute Gasteiger partial charge is 0.264 e. The van der Waals surface area contributed by atoms with Crippen LogP contribution in [0.15, 0.2) is 18.3 Å². The Labute approximate surface area is 221 Å². The summed E-state index contributed by atoms with van der Waals surface area (Å²) in [4.78, 5) is 12.8. The Bertz CT molecular complexity index is 1470. The van der Waals surface area contributed by atoms with E-state index in [1.807, 2.05) is 11.0 Å². The van der Waals surface area contributed by atoms with Crippen molar-refractivity contribution in [2.75, 3.05) is 54.9 Å². The molecule has 196 valence electrons. The van der Waals surface area contributed by atoms with Gasteiger partial charge < -0.3 is 20.3 Å². The van der Waals surface area contributed by atoms with Crippen LogP contribution in [0.25, 0.3) is 5.65 Å². The first kappa shape index (κ1) is 24.6. The van der Waals surface area contributed by atoms with Gasteiger partial charge in [-0.1, -0.05) is 11.6 Å². The summed E-state index contributed by atoms with van der Waals surface area (Å²) in [7, 11) is 0. The molecule has 0 radical (unpaired) electrons. The topological polar surface area (TPSA) is 130 Å². The molecule has 0 bridgehead atoms. The fourth-order valence-electron chi connectivity index (χ4n) is 4.72. The van der Waals surface area contributed by atoms with Crippen LogP contribution in [0.3, 0.4) is 0 Å². The molecule has 3 aliphatic rings. The minimum atomic E-state index is -2.73. The highest BCUT2D eigenvalue weighted by atomic mass is 35.5. The number of fused-ring (bicyclic) bond motifs is 1. The maximum atomic E-state index is 13.9. The predicted molar refractivity (Wildman–Crippen MR) is 135 cm³/mol. The zero-order chi connectivity index (χ0) is 26.4. The lowest BCUT2D eigenvalue weighted by Crippen LogP contribution is -2.65. The van der Waals surface area contributed by atoms with E-state index in [2.05, 4.69) is 36.7 Å². The molecular weight excluding hydrogens is 518 g/mol. The van der Waals surface area contributed by atoms with Gasteiger partial charge in [-0.15, -0.1) is 5.10 Å². The number of hydrogen-bond donors (Lipinski definition) is 2.